The molecular formula is C10H11N5O2. The molecule has 0 saturated heterocycles. The van der Waals surface area contributed by atoms with E-state index in [-0.39, 0.29) is 5.95 Å². The number of hydrogen-bond donors (Lipinski definition) is 2. The maximum atomic E-state index is 11.0. The molecule has 0 aliphatic heterocycles. The van der Waals surface area contributed by atoms with Gasteiger partial charge in [0, 0.05) is 6.54 Å². The van der Waals surface area contributed by atoms with Crippen molar-refractivity contribution in [3.8, 4) is 0 Å². The molecule has 0 aliphatic rings. The van der Waals surface area contributed by atoms with E-state index in [4.69, 9.17) is 5.11 Å². The van der Waals surface area contributed by atoms with Crippen molar-refractivity contribution in [3.05, 3.63) is 35.9 Å². The largest absolute Gasteiger partial charge is 0.465 e. The summed E-state index contributed by atoms with van der Waals surface area (Å²) in [6.07, 6.45) is -0.479. The van der Waals surface area contributed by atoms with Crippen LogP contribution in [0.15, 0.2) is 30.3 Å². The van der Waals surface area contributed by atoms with Gasteiger partial charge in [-0.1, -0.05) is 35.4 Å². The first-order valence-corrected chi connectivity index (χ1v) is 5.05. The van der Waals surface area contributed by atoms with Gasteiger partial charge in [-0.05, 0) is 22.4 Å². The highest BCUT2D eigenvalue weighted by Crippen LogP contribution is 2.07. The number of carboxylic acid groups (broad SMARTS) is 1. The monoisotopic (exact) mass is 233 g/mol. The van der Waals surface area contributed by atoms with Crippen LogP contribution in [-0.4, -0.2) is 38.4 Å². The molecule has 0 saturated carbocycles. The van der Waals surface area contributed by atoms with Gasteiger partial charge in [0.05, 0.1) is 0 Å². The van der Waals surface area contributed by atoms with Crippen LogP contribution >= 0.6 is 0 Å². The van der Waals surface area contributed by atoms with Crippen LogP contribution in [-0.2, 0) is 6.42 Å². The van der Waals surface area contributed by atoms with Crippen LogP contribution in [0.5, 0.6) is 0 Å². The first kappa shape index (κ1) is 11.1. The number of H-pyrrole nitrogens is 1. The third-order valence-electron chi connectivity index (χ3n) is 2.29. The van der Waals surface area contributed by atoms with Crippen molar-refractivity contribution in [2.45, 2.75) is 6.42 Å². The van der Waals surface area contributed by atoms with Gasteiger partial charge in [0.15, 0.2) is 0 Å². The molecule has 2 aromatic rings. The Morgan fingerprint density at radius 3 is 2.71 bits per heavy atom. The van der Waals surface area contributed by atoms with Gasteiger partial charge in [-0.15, -0.1) is 0 Å². The fourth-order valence-corrected chi connectivity index (χ4v) is 1.45. The molecule has 7 heteroatoms. The van der Waals surface area contributed by atoms with Gasteiger partial charge in [-0.3, -0.25) is 0 Å². The van der Waals surface area contributed by atoms with Crippen molar-refractivity contribution >= 4 is 12.0 Å². The van der Waals surface area contributed by atoms with Crippen molar-refractivity contribution in [1.82, 2.24) is 20.6 Å². The Balaban J connectivity index is 2.03. The molecule has 1 heterocycles. The topological polar surface area (TPSA) is 95.0 Å². The Labute approximate surface area is 97.1 Å². The zero-order valence-electron chi connectivity index (χ0n) is 8.95. The van der Waals surface area contributed by atoms with E-state index < -0.39 is 6.09 Å². The normalized spacial score (nSPS) is 10.1. The number of aromatic amines is 1. The molecule has 88 valence electrons. The van der Waals surface area contributed by atoms with Gasteiger partial charge in [0.25, 0.3) is 5.95 Å². The van der Waals surface area contributed by atoms with Crippen molar-refractivity contribution in [2.75, 3.05) is 11.4 Å². The molecule has 0 spiro atoms. The van der Waals surface area contributed by atoms with Crippen molar-refractivity contribution in [1.29, 1.82) is 0 Å². The van der Waals surface area contributed by atoms with Gasteiger partial charge in [0.2, 0.25) is 0 Å². The van der Waals surface area contributed by atoms with Gasteiger partial charge in [-0.25, -0.2) is 14.8 Å². The molecule has 7 nitrogen and oxygen atoms in total. The molecule has 0 radical (unpaired) electrons. The third kappa shape index (κ3) is 2.77. The number of nitrogens with one attached hydrogen (secondary N) is 1. The highest BCUT2D eigenvalue weighted by atomic mass is 16.4. The first-order valence-electron chi connectivity index (χ1n) is 5.05. The quantitative estimate of drug-likeness (QED) is 0.818. The van der Waals surface area contributed by atoms with Crippen LogP contribution in [0.2, 0.25) is 0 Å². The molecule has 1 aromatic heterocycles. The summed E-state index contributed by atoms with van der Waals surface area (Å²) in [6, 6.07) is 9.63. The molecule has 17 heavy (non-hydrogen) atoms. The standard InChI is InChI=1S/C10H11N5O2/c16-10(17)15(9-11-13-14-12-9)7-6-8-4-2-1-3-5-8/h1-5H,6-7H2,(H,16,17)(H,11,12,13,14). The molecule has 0 unspecified atom stereocenters. The number of amides is 1. The minimum Gasteiger partial charge on any atom is -0.465 e. The lowest BCUT2D eigenvalue weighted by Crippen LogP contribution is -2.32. The summed E-state index contributed by atoms with van der Waals surface area (Å²) >= 11 is 0. The number of hydrogen-bond acceptors (Lipinski definition) is 4. The van der Waals surface area contributed by atoms with Crippen LogP contribution in [0.4, 0.5) is 10.7 Å². The summed E-state index contributed by atoms with van der Waals surface area (Å²) in [6.45, 7) is 0.302. The van der Waals surface area contributed by atoms with Gasteiger partial charge in [0.1, 0.15) is 0 Å². The predicted molar refractivity (Wildman–Crippen MR) is 59.7 cm³/mol. The third-order valence-corrected chi connectivity index (χ3v) is 2.29. The first-order chi connectivity index (χ1) is 8.27. The zero-order chi connectivity index (χ0) is 12.1. The molecule has 0 fully saturated rings. The van der Waals surface area contributed by atoms with E-state index in [2.05, 4.69) is 20.6 Å². The molecule has 0 aliphatic carbocycles. The Morgan fingerprint density at radius 1 is 1.35 bits per heavy atom. The Bertz CT molecular complexity index is 471. The Kier molecular flexibility index (Phi) is 3.29. The fraction of sp³-hybridized carbons (Fsp3) is 0.200. The number of anilines is 1. The second-order valence-electron chi connectivity index (χ2n) is 3.39. The van der Waals surface area contributed by atoms with E-state index in [1.165, 1.54) is 0 Å². The SMILES string of the molecule is O=C(O)N(CCc1ccccc1)c1nnn[nH]1. The summed E-state index contributed by atoms with van der Waals surface area (Å²) in [5.74, 6) is 0.133. The Morgan fingerprint density at radius 2 is 2.12 bits per heavy atom. The van der Waals surface area contributed by atoms with E-state index in [0.29, 0.717) is 13.0 Å². The highest BCUT2D eigenvalue weighted by molar-refractivity contribution is 5.83. The average Bonchev–Trinajstić information content (AvgIpc) is 2.84. The van der Waals surface area contributed by atoms with Crippen LogP contribution in [0.3, 0.4) is 0 Å². The van der Waals surface area contributed by atoms with Crippen molar-refractivity contribution in [2.24, 2.45) is 0 Å². The second kappa shape index (κ2) is 5.06. The molecule has 2 N–H and O–H groups in total. The lowest BCUT2D eigenvalue weighted by molar-refractivity contribution is 0.201. The maximum Gasteiger partial charge on any atom is 0.414 e. The van der Waals surface area contributed by atoms with Crippen molar-refractivity contribution in [3.63, 3.8) is 0 Å². The van der Waals surface area contributed by atoms with Crippen LogP contribution in [0.25, 0.3) is 0 Å². The lowest BCUT2D eigenvalue weighted by atomic mass is 10.1. The van der Waals surface area contributed by atoms with Gasteiger partial charge < -0.3 is 5.11 Å². The van der Waals surface area contributed by atoms with Crippen LogP contribution in [0, 0.1) is 0 Å². The molecular weight excluding hydrogens is 222 g/mol. The van der Waals surface area contributed by atoms with E-state index in [0.717, 1.165) is 10.5 Å². The summed E-state index contributed by atoms with van der Waals surface area (Å²) < 4.78 is 0. The Hall–Kier alpha value is -2.44. The fourth-order valence-electron chi connectivity index (χ4n) is 1.45. The van der Waals surface area contributed by atoms with E-state index >= 15 is 0 Å². The zero-order valence-corrected chi connectivity index (χ0v) is 8.95. The van der Waals surface area contributed by atoms with E-state index in [1.54, 1.807) is 0 Å². The second-order valence-corrected chi connectivity index (χ2v) is 3.39. The van der Waals surface area contributed by atoms with E-state index in [9.17, 15) is 4.79 Å². The molecule has 1 aromatic carbocycles. The average molecular weight is 233 g/mol. The molecule has 0 bridgehead atoms. The van der Waals surface area contributed by atoms with Crippen molar-refractivity contribution < 1.29 is 9.90 Å². The lowest BCUT2D eigenvalue weighted by Gasteiger charge is -2.14. The maximum absolute atomic E-state index is 11.0. The smallest absolute Gasteiger partial charge is 0.414 e. The van der Waals surface area contributed by atoms with Gasteiger partial charge >= 0.3 is 6.09 Å². The number of aromatic nitrogens is 4. The highest BCUT2D eigenvalue weighted by Gasteiger charge is 2.17. The number of rotatable bonds is 4. The van der Waals surface area contributed by atoms with Gasteiger partial charge in [-0.2, -0.15) is 0 Å². The molecule has 2 rings (SSSR count). The summed E-state index contributed by atoms with van der Waals surface area (Å²) in [4.78, 5) is 12.1. The van der Waals surface area contributed by atoms with Crippen LogP contribution in [0.1, 0.15) is 5.56 Å². The summed E-state index contributed by atoms with van der Waals surface area (Å²) in [5, 5.41) is 21.7. The minimum atomic E-state index is -1.08. The predicted octanol–water partition coefficient (Wildman–Crippen LogP) is 0.927. The number of benzene rings is 1. The molecule has 0 atom stereocenters. The number of carbonyl (C=O) groups is 1. The summed E-state index contributed by atoms with van der Waals surface area (Å²) in [5.41, 5.74) is 1.06. The van der Waals surface area contributed by atoms with Crippen LogP contribution < -0.4 is 4.90 Å². The number of tetrazole rings is 1. The van der Waals surface area contributed by atoms with E-state index in [1.807, 2.05) is 30.3 Å². The molecule has 1 amide bonds. The summed E-state index contributed by atoms with van der Waals surface area (Å²) in [7, 11) is 0. The number of nitrogens with zero attached hydrogens (tertiary/aromatic N) is 4. The minimum absolute atomic E-state index is 0.133.